The molecular formula is C16H25Cl2N3O2. The monoisotopic (exact) mass is 361 g/mol. The van der Waals surface area contributed by atoms with Crippen LogP contribution in [0.4, 0.5) is 0 Å². The van der Waals surface area contributed by atoms with Gasteiger partial charge in [0, 0.05) is 30.3 Å². The second-order valence-corrected chi connectivity index (χ2v) is 5.95. The largest absolute Gasteiger partial charge is 0.382 e. The molecule has 0 aliphatic heterocycles. The quantitative estimate of drug-likeness (QED) is 0.380. The molecule has 1 atom stereocenters. The number of benzene rings is 1. The fourth-order valence-corrected chi connectivity index (χ4v) is 2.53. The van der Waals surface area contributed by atoms with Gasteiger partial charge in [-0.2, -0.15) is 0 Å². The van der Waals surface area contributed by atoms with Gasteiger partial charge in [0.15, 0.2) is 5.96 Å². The number of nitrogens with two attached hydrogens (primary N) is 1. The maximum atomic E-state index is 6.18. The molecule has 0 spiro atoms. The SMILES string of the molecule is COCCOCCCCN=C(N)NC(C)c1ccc(Cl)cc1Cl. The first-order valence-corrected chi connectivity index (χ1v) is 8.38. The molecule has 0 amide bonds. The second-order valence-electron chi connectivity index (χ2n) is 5.11. The molecule has 0 aromatic heterocycles. The van der Waals surface area contributed by atoms with Crippen molar-refractivity contribution < 1.29 is 9.47 Å². The van der Waals surface area contributed by atoms with Crippen LogP contribution in [0.15, 0.2) is 23.2 Å². The van der Waals surface area contributed by atoms with E-state index in [0.717, 1.165) is 18.4 Å². The van der Waals surface area contributed by atoms with Gasteiger partial charge in [-0.05, 0) is 37.5 Å². The molecule has 0 heterocycles. The lowest BCUT2D eigenvalue weighted by atomic mass is 10.1. The Hall–Kier alpha value is -1.01. The van der Waals surface area contributed by atoms with Crippen LogP contribution in [-0.2, 0) is 9.47 Å². The predicted molar refractivity (Wildman–Crippen MR) is 96.4 cm³/mol. The molecule has 0 saturated carbocycles. The molecule has 1 rings (SSSR count). The highest BCUT2D eigenvalue weighted by Crippen LogP contribution is 2.25. The van der Waals surface area contributed by atoms with Crippen LogP contribution in [0, 0.1) is 0 Å². The molecule has 5 nitrogen and oxygen atoms in total. The summed E-state index contributed by atoms with van der Waals surface area (Å²) in [6.45, 7) is 4.60. The smallest absolute Gasteiger partial charge is 0.189 e. The van der Waals surface area contributed by atoms with Gasteiger partial charge in [0.25, 0.3) is 0 Å². The van der Waals surface area contributed by atoms with Gasteiger partial charge in [0.05, 0.1) is 19.3 Å². The number of guanidine groups is 1. The van der Waals surface area contributed by atoms with Crippen LogP contribution < -0.4 is 11.1 Å². The number of methoxy groups -OCH3 is 1. The van der Waals surface area contributed by atoms with Crippen LogP contribution >= 0.6 is 23.2 Å². The van der Waals surface area contributed by atoms with Crippen molar-refractivity contribution in [3.63, 3.8) is 0 Å². The van der Waals surface area contributed by atoms with Crippen molar-refractivity contribution in [2.45, 2.75) is 25.8 Å². The molecule has 0 aliphatic rings. The Kier molecular flexibility index (Phi) is 10.0. The average Bonchev–Trinajstić information content (AvgIpc) is 2.49. The van der Waals surface area contributed by atoms with Gasteiger partial charge in [0.1, 0.15) is 0 Å². The summed E-state index contributed by atoms with van der Waals surface area (Å²) in [4.78, 5) is 4.30. The summed E-state index contributed by atoms with van der Waals surface area (Å²) >= 11 is 12.1. The highest BCUT2D eigenvalue weighted by Gasteiger charge is 2.10. The second kappa shape index (κ2) is 11.5. The number of nitrogens with zero attached hydrogens (tertiary/aromatic N) is 1. The molecule has 1 aromatic rings. The fraction of sp³-hybridized carbons (Fsp3) is 0.562. The van der Waals surface area contributed by atoms with Crippen LogP contribution in [0.3, 0.4) is 0 Å². The maximum Gasteiger partial charge on any atom is 0.189 e. The Morgan fingerprint density at radius 2 is 2.04 bits per heavy atom. The topological polar surface area (TPSA) is 68.9 Å². The molecule has 0 fully saturated rings. The van der Waals surface area contributed by atoms with Crippen molar-refractivity contribution in [3.8, 4) is 0 Å². The normalized spacial score (nSPS) is 13.1. The summed E-state index contributed by atoms with van der Waals surface area (Å²) in [6, 6.07) is 5.36. The number of ether oxygens (including phenoxy) is 2. The molecule has 23 heavy (non-hydrogen) atoms. The number of halogens is 2. The zero-order chi connectivity index (χ0) is 17.1. The summed E-state index contributed by atoms with van der Waals surface area (Å²) in [5.74, 6) is 0.406. The third-order valence-corrected chi connectivity index (χ3v) is 3.77. The Morgan fingerprint density at radius 3 is 2.74 bits per heavy atom. The summed E-state index contributed by atoms with van der Waals surface area (Å²) < 4.78 is 10.3. The number of hydrogen-bond acceptors (Lipinski definition) is 3. The third kappa shape index (κ3) is 8.42. The van der Waals surface area contributed by atoms with Crippen LogP contribution in [0.25, 0.3) is 0 Å². The Bertz CT molecular complexity index is 498. The summed E-state index contributed by atoms with van der Waals surface area (Å²) in [5, 5.41) is 4.35. The predicted octanol–water partition coefficient (Wildman–Crippen LogP) is 3.40. The Balaban J connectivity index is 2.27. The van der Waals surface area contributed by atoms with Crippen molar-refractivity contribution in [1.29, 1.82) is 0 Å². The van der Waals surface area contributed by atoms with Crippen LogP contribution in [-0.4, -0.2) is 39.4 Å². The van der Waals surface area contributed by atoms with Gasteiger partial charge in [-0.3, -0.25) is 4.99 Å². The van der Waals surface area contributed by atoms with E-state index in [9.17, 15) is 0 Å². The first kappa shape index (κ1) is 20.0. The van der Waals surface area contributed by atoms with Crippen molar-refractivity contribution in [2.75, 3.05) is 33.5 Å². The fourth-order valence-electron chi connectivity index (χ4n) is 1.96. The molecule has 0 saturated heterocycles. The van der Waals surface area contributed by atoms with Crippen LogP contribution in [0.5, 0.6) is 0 Å². The Morgan fingerprint density at radius 1 is 1.26 bits per heavy atom. The zero-order valence-electron chi connectivity index (χ0n) is 13.6. The highest BCUT2D eigenvalue weighted by molar-refractivity contribution is 6.35. The summed E-state index contributed by atoms with van der Waals surface area (Å²) in [5.41, 5.74) is 6.83. The molecule has 0 radical (unpaired) electrons. The number of nitrogens with one attached hydrogen (secondary N) is 1. The minimum atomic E-state index is -0.0408. The van der Waals surface area contributed by atoms with Gasteiger partial charge in [-0.1, -0.05) is 29.3 Å². The van der Waals surface area contributed by atoms with E-state index in [1.807, 2.05) is 13.0 Å². The van der Waals surface area contributed by atoms with Gasteiger partial charge in [0.2, 0.25) is 0 Å². The van der Waals surface area contributed by atoms with E-state index in [1.54, 1.807) is 19.2 Å². The molecule has 0 aliphatic carbocycles. The molecule has 130 valence electrons. The molecule has 1 aromatic carbocycles. The number of hydrogen-bond donors (Lipinski definition) is 2. The summed E-state index contributed by atoms with van der Waals surface area (Å²) in [7, 11) is 1.66. The lowest BCUT2D eigenvalue weighted by Gasteiger charge is -2.16. The lowest BCUT2D eigenvalue weighted by Crippen LogP contribution is -2.34. The van der Waals surface area contributed by atoms with E-state index in [0.29, 0.717) is 42.4 Å². The van der Waals surface area contributed by atoms with E-state index in [-0.39, 0.29) is 6.04 Å². The molecule has 3 N–H and O–H groups in total. The minimum absolute atomic E-state index is 0.0408. The third-order valence-electron chi connectivity index (χ3n) is 3.20. The first-order chi connectivity index (χ1) is 11.0. The number of unbranched alkanes of at least 4 members (excludes halogenated alkanes) is 1. The number of aliphatic imine (C=N–C) groups is 1. The molecular weight excluding hydrogens is 337 g/mol. The van der Waals surface area contributed by atoms with E-state index < -0.39 is 0 Å². The summed E-state index contributed by atoms with van der Waals surface area (Å²) in [6.07, 6.45) is 1.87. The van der Waals surface area contributed by atoms with Crippen molar-refractivity contribution in [2.24, 2.45) is 10.7 Å². The van der Waals surface area contributed by atoms with Crippen molar-refractivity contribution >= 4 is 29.2 Å². The van der Waals surface area contributed by atoms with Crippen molar-refractivity contribution in [3.05, 3.63) is 33.8 Å². The van der Waals surface area contributed by atoms with Gasteiger partial charge in [-0.15, -0.1) is 0 Å². The van der Waals surface area contributed by atoms with Crippen LogP contribution in [0.2, 0.25) is 10.0 Å². The standard InChI is InChI=1S/C16H25Cl2N3O2/c1-12(14-6-5-13(17)11-15(14)18)21-16(19)20-7-3-4-8-23-10-9-22-2/h5-6,11-12H,3-4,7-10H2,1-2H3,(H3,19,20,21). The van der Waals surface area contributed by atoms with E-state index in [4.69, 9.17) is 38.4 Å². The van der Waals surface area contributed by atoms with Gasteiger partial charge >= 0.3 is 0 Å². The zero-order valence-corrected chi connectivity index (χ0v) is 15.2. The average molecular weight is 362 g/mol. The number of rotatable bonds is 10. The maximum absolute atomic E-state index is 6.18. The van der Waals surface area contributed by atoms with E-state index >= 15 is 0 Å². The van der Waals surface area contributed by atoms with Gasteiger partial charge in [-0.25, -0.2) is 0 Å². The van der Waals surface area contributed by atoms with E-state index in [1.165, 1.54) is 0 Å². The van der Waals surface area contributed by atoms with Crippen LogP contribution in [0.1, 0.15) is 31.4 Å². The molecule has 1 unspecified atom stereocenters. The lowest BCUT2D eigenvalue weighted by molar-refractivity contribution is 0.0690. The van der Waals surface area contributed by atoms with Gasteiger partial charge < -0.3 is 20.5 Å². The minimum Gasteiger partial charge on any atom is -0.382 e. The molecule has 0 bridgehead atoms. The Labute approximate surface area is 148 Å². The van der Waals surface area contributed by atoms with E-state index in [2.05, 4.69) is 10.3 Å². The first-order valence-electron chi connectivity index (χ1n) is 7.62. The highest BCUT2D eigenvalue weighted by atomic mass is 35.5. The van der Waals surface area contributed by atoms with Crippen molar-refractivity contribution in [1.82, 2.24) is 5.32 Å². The molecule has 7 heteroatoms.